The zero-order chi connectivity index (χ0) is 13.8. The maximum Gasteiger partial charge on any atom is 0.488 e. The minimum Gasteiger partial charge on any atom is -0.423 e. The average Bonchev–Trinajstić information content (AvgIpc) is 2.54. The minimum absolute atomic E-state index is 0.221. The molecule has 0 aromatic heterocycles. The van der Waals surface area contributed by atoms with E-state index in [2.05, 4.69) is 11.8 Å². The molecule has 19 heavy (non-hydrogen) atoms. The summed E-state index contributed by atoms with van der Waals surface area (Å²) in [6.45, 7) is 4.99. The van der Waals surface area contributed by atoms with Gasteiger partial charge in [-0.05, 0) is 61.4 Å². The Morgan fingerprint density at radius 1 is 1.26 bits per heavy atom. The number of benzene rings is 1. The van der Waals surface area contributed by atoms with Crippen LogP contribution >= 0.6 is 0 Å². The molecule has 104 valence electrons. The van der Waals surface area contributed by atoms with Crippen molar-refractivity contribution in [1.29, 1.82) is 0 Å². The molecule has 2 N–H and O–H groups in total. The van der Waals surface area contributed by atoms with Crippen LogP contribution in [0.15, 0.2) is 18.2 Å². The zero-order valence-corrected chi connectivity index (χ0v) is 11.3. The number of nitrogens with zero attached hydrogens (tertiary/aromatic N) is 1. The quantitative estimate of drug-likeness (QED) is 0.805. The van der Waals surface area contributed by atoms with Gasteiger partial charge in [0.2, 0.25) is 0 Å². The summed E-state index contributed by atoms with van der Waals surface area (Å²) in [5, 5.41) is 18.3. The molecule has 5 heteroatoms. The molecule has 1 aliphatic rings. The lowest BCUT2D eigenvalue weighted by Crippen LogP contribution is -2.31. The first-order valence-electron chi connectivity index (χ1n) is 6.92. The van der Waals surface area contributed by atoms with Crippen LogP contribution in [0.25, 0.3) is 0 Å². The third kappa shape index (κ3) is 4.30. The Morgan fingerprint density at radius 3 is 2.79 bits per heavy atom. The van der Waals surface area contributed by atoms with E-state index < -0.39 is 12.9 Å². The van der Waals surface area contributed by atoms with Crippen LogP contribution in [0.4, 0.5) is 4.39 Å². The Bertz CT molecular complexity index is 428. The normalized spacial score (nSPS) is 21.2. The molecule has 1 aromatic carbocycles. The number of rotatable bonds is 3. The highest BCUT2D eigenvalue weighted by atomic mass is 19.1. The molecule has 0 radical (unpaired) electrons. The summed E-state index contributed by atoms with van der Waals surface area (Å²) in [6.07, 6.45) is 3.59. The predicted molar refractivity (Wildman–Crippen MR) is 74.5 cm³/mol. The molecule has 1 unspecified atom stereocenters. The van der Waals surface area contributed by atoms with E-state index in [1.165, 1.54) is 31.4 Å². The molecule has 0 spiro atoms. The molecular weight excluding hydrogens is 244 g/mol. The highest BCUT2D eigenvalue weighted by molar-refractivity contribution is 6.58. The zero-order valence-electron chi connectivity index (χ0n) is 11.3. The summed E-state index contributed by atoms with van der Waals surface area (Å²) in [5.74, 6) is 0.344. The number of likely N-dealkylation sites (tertiary alicyclic amines) is 1. The van der Waals surface area contributed by atoms with E-state index in [1.54, 1.807) is 6.07 Å². The second-order valence-corrected chi connectivity index (χ2v) is 5.58. The molecule has 1 aromatic rings. The third-order valence-electron chi connectivity index (χ3n) is 3.79. The predicted octanol–water partition coefficient (Wildman–Crippen LogP) is 1.13. The molecule has 1 atom stereocenters. The molecule has 2 rings (SSSR count). The second-order valence-electron chi connectivity index (χ2n) is 5.58. The van der Waals surface area contributed by atoms with Gasteiger partial charge in [-0.25, -0.2) is 4.39 Å². The van der Waals surface area contributed by atoms with Gasteiger partial charge in [-0.15, -0.1) is 0 Å². The molecule has 3 nitrogen and oxygen atoms in total. The Morgan fingerprint density at radius 2 is 2.05 bits per heavy atom. The molecule has 1 aliphatic heterocycles. The van der Waals surface area contributed by atoms with Crippen molar-refractivity contribution in [3.05, 3.63) is 29.6 Å². The van der Waals surface area contributed by atoms with Gasteiger partial charge in [0.25, 0.3) is 0 Å². The molecular formula is C14H21BFNO2. The summed E-state index contributed by atoms with van der Waals surface area (Å²) in [6, 6.07) is 4.31. The molecule has 0 aliphatic carbocycles. The van der Waals surface area contributed by atoms with E-state index in [0.29, 0.717) is 6.54 Å². The van der Waals surface area contributed by atoms with Gasteiger partial charge < -0.3 is 10.0 Å². The van der Waals surface area contributed by atoms with Gasteiger partial charge in [-0.1, -0.05) is 13.0 Å². The third-order valence-corrected chi connectivity index (χ3v) is 3.79. The first kappa shape index (κ1) is 14.5. The van der Waals surface area contributed by atoms with Gasteiger partial charge in [0.15, 0.2) is 0 Å². The summed E-state index contributed by atoms with van der Waals surface area (Å²) in [5.41, 5.74) is 1.02. The van der Waals surface area contributed by atoms with Gasteiger partial charge in [-0.3, -0.25) is 4.90 Å². The molecule has 0 amide bonds. The Kier molecular flexibility index (Phi) is 4.96. The van der Waals surface area contributed by atoms with E-state index in [1.807, 2.05) is 0 Å². The van der Waals surface area contributed by atoms with E-state index >= 15 is 0 Å². The topological polar surface area (TPSA) is 43.7 Å². The lowest BCUT2D eigenvalue weighted by Gasteiger charge is -2.20. The largest absolute Gasteiger partial charge is 0.488 e. The van der Waals surface area contributed by atoms with Crippen LogP contribution in [0.5, 0.6) is 0 Å². The maximum absolute atomic E-state index is 13.4. The molecule has 0 bridgehead atoms. The second kappa shape index (κ2) is 6.50. The first-order valence-corrected chi connectivity index (χ1v) is 6.92. The number of hydrogen-bond donors (Lipinski definition) is 2. The standard InChI is InChI=1S/C14H21BFNO2/c1-11-3-2-5-17(6-4-11)10-12-7-13(15(18)19)9-14(16)8-12/h7-9,11,18-19H,2-6,10H2,1H3. The van der Waals surface area contributed by atoms with Crippen molar-refractivity contribution in [3.63, 3.8) is 0 Å². The number of hydrogen-bond acceptors (Lipinski definition) is 3. The first-order chi connectivity index (χ1) is 9.04. The van der Waals surface area contributed by atoms with Crippen molar-refractivity contribution < 1.29 is 14.4 Å². The Hall–Kier alpha value is -0.905. The fourth-order valence-corrected chi connectivity index (χ4v) is 2.65. The van der Waals surface area contributed by atoms with E-state index in [4.69, 9.17) is 10.0 Å². The van der Waals surface area contributed by atoms with Gasteiger partial charge in [-0.2, -0.15) is 0 Å². The molecule has 0 saturated carbocycles. The fraction of sp³-hybridized carbons (Fsp3) is 0.571. The summed E-state index contributed by atoms with van der Waals surface area (Å²) in [7, 11) is -1.61. The van der Waals surface area contributed by atoms with Crippen molar-refractivity contribution in [2.45, 2.75) is 32.7 Å². The average molecular weight is 265 g/mol. The summed E-state index contributed by atoms with van der Waals surface area (Å²) >= 11 is 0. The van der Waals surface area contributed by atoms with Crippen LogP contribution in [-0.2, 0) is 6.54 Å². The Balaban J connectivity index is 2.05. The van der Waals surface area contributed by atoms with Crippen molar-refractivity contribution in [3.8, 4) is 0 Å². The van der Waals surface area contributed by atoms with E-state index in [9.17, 15) is 4.39 Å². The van der Waals surface area contributed by atoms with Crippen LogP contribution < -0.4 is 5.46 Å². The molecule has 1 fully saturated rings. The summed E-state index contributed by atoms with van der Waals surface area (Å²) < 4.78 is 13.4. The van der Waals surface area contributed by atoms with Gasteiger partial charge in [0.1, 0.15) is 5.82 Å². The lowest BCUT2D eigenvalue weighted by molar-refractivity contribution is 0.273. The van der Waals surface area contributed by atoms with Crippen LogP contribution in [0.3, 0.4) is 0 Å². The lowest BCUT2D eigenvalue weighted by atomic mass is 9.79. The van der Waals surface area contributed by atoms with Crippen LogP contribution in [-0.4, -0.2) is 35.2 Å². The van der Waals surface area contributed by atoms with Gasteiger partial charge in [0, 0.05) is 6.54 Å². The highest BCUT2D eigenvalue weighted by Gasteiger charge is 2.17. The van der Waals surface area contributed by atoms with Gasteiger partial charge in [0.05, 0.1) is 0 Å². The van der Waals surface area contributed by atoms with Crippen molar-refractivity contribution in [2.75, 3.05) is 13.1 Å². The van der Waals surface area contributed by atoms with Crippen molar-refractivity contribution >= 4 is 12.6 Å². The SMILES string of the molecule is CC1CCCN(Cc2cc(F)cc(B(O)O)c2)CC1. The van der Waals surface area contributed by atoms with E-state index in [0.717, 1.165) is 24.6 Å². The monoisotopic (exact) mass is 265 g/mol. The maximum atomic E-state index is 13.4. The smallest absolute Gasteiger partial charge is 0.423 e. The van der Waals surface area contributed by atoms with Crippen LogP contribution in [0.2, 0.25) is 0 Å². The Labute approximate surface area is 114 Å². The van der Waals surface area contributed by atoms with Crippen LogP contribution in [0.1, 0.15) is 31.7 Å². The highest BCUT2D eigenvalue weighted by Crippen LogP contribution is 2.18. The molecule has 1 saturated heterocycles. The summed E-state index contributed by atoms with van der Waals surface area (Å²) in [4.78, 5) is 2.31. The van der Waals surface area contributed by atoms with Crippen molar-refractivity contribution in [1.82, 2.24) is 4.90 Å². The van der Waals surface area contributed by atoms with Gasteiger partial charge >= 0.3 is 7.12 Å². The molecule has 1 heterocycles. The van der Waals surface area contributed by atoms with E-state index in [-0.39, 0.29) is 5.46 Å². The minimum atomic E-state index is -1.61. The fourth-order valence-electron chi connectivity index (χ4n) is 2.65. The number of halogens is 1. The van der Waals surface area contributed by atoms with Crippen molar-refractivity contribution in [2.24, 2.45) is 5.92 Å². The van der Waals surface area contributed by atoms with Crippen LogP contribution in [0, 0.1) is 11.7 Å².